The van der Waals surface area contributed by atoms with Gasteiger partial charge >= 0.3 is 0 Å². The van der Waals surface area contributed by atoms with Crippen molar-refractivity contribution in [3.05, 3.63) is 38.1 Å². The predicted octanol–water partition coefficient (Wildman–Crippen LogP) is 3.59. The standard InChI is InChI=1S/C10H9BrClN3S/c1-15(5-7-4-8(11)16-6-7)10-3-2-9(12)13-14-10/h2-4,6H,5H2,1H3. The van der Waals surface area contributed by atoms with Crippen molar-refractivity contribution in [2.45, 2.75) is 6.54 Å². The van der Waals surface area contributed by atoms with E-state index in [4.69, 9.17) is 11.6 Å². The zero-order chi connectivity index (χ0) is 11.5. The lowest BCUT2D eigenvalue weighted by atomic mass is 10.3. The summed E-state index contributed by atoms with van der Waals surface area (Å²) in [4.78, 5) is 2.03. The van der Waals surface area contributed by atoms with Crippen LogP contribution in [-0.2, 0) is 6.54 Å². The van der Waals surface area contributed by atoms with Gasteiger partial charge in [0, 0.05) is 13.6 Å². The first-order chi connectivity index (χ1) is 7.65. The van der Waals surface area contributed by atoms with Crippen molar-refractivity contribution in [3.63, 3.8) is 0 Å². The summed E-state index contributed by atoms with van der Waals surface area (Å²) in [7, 11) is 1.98. The van der Waals surface area contributed by atoms with Crippen LogP contribution in [0.1, 0.15) is 5.56 Å². The zero-order valence-corrected chi connectivity index (χ0v) is 11.7. The van der Waals surface area contributed by atoms with E-state index in [1.54, 1.807) is 17.4 Å². The minimum atomic E-state index is 0.412. The molecule has 0 spiro atoms. The monoisotopic (exact) mass is 317 g/mol. The van der Waals surface area contributed by atoms with E-state index in [9.17, 15) is 0 Å². The van der Waals surface area contributed by atoms with E-state index in [1.165, 1.54) is 5.56 Å². The van der Waals surface area contributed by atoms with E-state index in [-0.39, 0.29) is 0 Å². The van der Waals surface area contributed by atoms with Gasteiger partial charge in [-0.3, -0.25) is 0 Å². The van der Waals surface area contributed by atoms with Crippen LogP contribution in [0.5, 0.6) is 0 Å². The maximum absolute atomic E-state index is 5.68. The molecule has 0 aliphatic carbocycles. The first-order valence-corrected chi connectivity index (χ1v) is 6.63. The number of hydrogen-bond acceptors (Lipinski definition) is 4. The molecule has 0 radical (unpaired) electrons. The molecule has 84 valence electrons. The quantitative estimate of drug-likeness (QED) is 0.866. The van der Waals surface area contributed by atoms with Crippen molar-refractivity contribution in [3.8, 4) is 0 Å². The van der Waals surface area contributed by atoms with Crippen molar-refractivity contribution < 1.29 is 0 Å². The Morgan fingerprint density at radius 1 is 1.44 bits per heavy atom. The number of nitrogens with zero attached hydrogens (tertiary/aromatic N) is 3. The first-order valence-electron chi connectivity index (χ1n) is 4.58. The summed E-state index contributed by atoms with van der Waals surface area (Å²) in [6.45, 7) is 0.804. The third-order valence-corrected chi connectivity index (χ3v) is 3.81. The summed E-state index contributed by atoms with van der Waals surface area (Å²) in [6, 6.07) is 5.70. The molecule has 0 aromatic carbocycles. The predicted molar refractivity (Wildman–Crippen MR) is 71.2 cm³/mol. The molecule has 0 amide bonds. The first kappa shape index (κ1) is 11.8. The molecular formula is C10H9BrClN3S. The van der Waals surface area contributed by atoms with Crippen LogP contribution >= 0.6 is 38.9 Å². The van der Waals surface area contributed by atoms with E-state index in [0.717, 1.165) is 16.1 Å². The molecule has 0 fully saturated rings. The van der Waals surface area contributed by atoms with E-state index in [2.05, 4.69) is 37.6 Å². The summed E-state index contributed by atoms with van der Waals surface area (Å²) in [5.41, 5.74) is 1.25. The van der Waals surface area contributed by atoms with Gasteiger partial charge in [-0.25, -0.2) is 0 Å². The zero-order valence-electron chi connectivity index (χ0n) is 8.52. The highest BCUT2D eigenvalue weighted by Gasteiger charge is 2.05. The third kappa shape index (κ3) is 2.93. The van der Waals surface area contributed by atoms with Gasteiger partial charge in [-0.2, -0.15) is 0 Å². The highest BCUT2D eigenvalue weighted by Crippen LogP contribution is 2.22. The Kier molecular flexibility index (Phi) is 3.78. The van der Waals surface area contributed by atoms with Crippen LogP contribution in [0.15, 0.2) is 27.4 Å². The normalized spacial score (nSPS) is 10.4. The lowest BCUT2D eigenvalue weighted by Crippen LogP contribution is -2.17. The van der Waals surface area contributed by atoms with Crippen LogP contribution in [0.3, 0.4) is 0 Å². The highest BCUT2D eigenvalue weighted by molar-refractivity contribution is 9.11. The lowest BCUT2D eigenvalue weighted by molar-refractivity contribution is 0.869. The second-order valence-corrected chi connectivity index (χ2v) is 6.01. The van der Waals surface area contributed by atoms with Gasteiger partial charge in [0.1, 0.15) is 0 Å². The van der Waals surface area contributed by atoms with Gasteiger partial charge < -0.3 is 4.90 Å². The van der Waals surface area contributed by atoms with E-state index in [0.29, 0.717) is 5.15 Å². The largest absolute Gasteiger partial charge is 0.354 e. The number of halogens is 2. The maximum Gasteiger partial charge on any atom is 0.151 e. The smallest absolute Gasteiger partial charge is 0.151 e. The van der Waals surface area contributed by atoms with Crippen molar-refractivity contribution in [1.82, 2.24) is 10.2 Å². The molecule has 2 aromatic rings. The van der Waals surface area contributed by atoms with Crippen molar-refractivity contribution >= 4 is 44.7 Å². The molecule has 0 unspecified atom stereocenters. The average molecular weight is 319 g/mol. The summed E-state index contributed by atoms with van der Waals surface area (Å²) in [5, 5.41) is 10.4. The molecule has 3 nitrogen and oxygen atoms in total. The number of rotatable bonds is 3. The minimum absolute atomic E-state index is 0.412. The van der Waals surface area contributed by atoms with Gasteiger partial charge in [-0.15, -0.1) is 21.5 Å². The third-order valence-electron chi connectivity index (χ3n) is 2.05. The Morgan fingerprint density at radius 3 is 2.81 bits per heavy atom. The van der Waals surface area contributed by atoms with Gasteiger partial charge in [-0.1, -0.05) is 11.6 Å². The summed E-state index contributed by atoms with van der Waals surface area (Å²) < 4.78 is 1.14. The highest BCUT2D eigenvalue weighted by atomic mass is 79.9. The van der Waals surface area contributed by atoms with Crippen LogP contribution in [0.4, 0.5) is 5.82 Å². The van der Waals surface area contributed by atoms with Crippen LogP contribution in [0.2, 0.25) is 5.15 Å². The van der Waals surface area contributed by atoms with Crippen LogP contribution < -0.4 is 4.90 Å². The molecule has 2 aromatic heterocycles. The Hall–Kier alpha value is -0.650. The molecule has 16 heavy (non-hydrogen) atoms. The fourth-order valence-corrected chi connectivity index (χ4v) is 2.60. The maximum atomic E-state index is 5.68. The Labute approximate surface area is 111 Å². The van der Waals surface area contributed by atoms with Gasteiger partial charge in [0.05, 0.1) is 3.79 Å². The Morgan fingerprint density at radius 2 is 2.25 bits per heavy atom. The number of hydrogen-bond donors (Lipinski definition) is 0. The SMILES string of the molecule is CN(Cc1csc(Br)c1)c1ccc(Cl)nn1. The average Bonchev–Trinajstić information content (AvgIpc) is 2.65. The summed E-state index contributed by atoms with van der Waals surface area (Å²) >= 11 is 10.8. The fraction of sp³-hybridized carbons (Fsp3) is 0.200. The molecule has 0 saturated carbocycles. The summed E-state index contributed by atoms with van der Waals surface area (Å²) in [6.07, 6.45) is 0. The second-order valence-electron chi connectivity index (χ2n) is 3.33. The molecule has 0 aliphatic rings. The van der Waals surface area contributed by atoms with Gasteiger partial charge in [0.2, 0.25) is 0 Å². The number of thiophene rings is 1. The van der Waals surface area contributed by atoms with Crippen molar-refractivity contribution in [2.75, 3.05) is 11.9 Å². The molecule has 6 heteroatoms. The molecule has 0 N–H and O–H groups in total. The molecule has 0 bridgehead atoms. The number of anilines is 1. The lowest BCUT2D eigenvalue weighted by Gasteiger charge is -2.16. The molecule has 2 rings (SSSR count). The molecule has 0 atom stereocenters. The topological polar surface area (TPSA) is 29.0 Å². The van der Waals surface area contributed by atoms with Gasteiger partial charge in [0.15, 0.2) is 11.0 Å². The summed E-state index contributed by atoms with van der Waals surface area (Å²) in [5.74, 6) is 0.812. The van der Waals surface area contributed by atoms with Gasteiger partial charge in [0.25, 0.3) is 0 Å². The van der Waals surface area contributed by atoms with Crippen LogP contribution in [-0.4, -0.2) is 17.2 Å². The molecule has 0 saturated heterocycles. The Balaban J connectivity index is 2.08. The van der Waals surface area contributed by atoms with Crippen LogP contribution in [0.25, 0.3) is 0 Å². The molecule has 2 heterocycles. The number of aromatic nitrogens is 2. The van der Waals surface area contributed by atoms with E-state index in [1.807, 2.05) is 18.0 Å². The van der Waals surface area contributed by atoms with Crippen molar-refractivity contribution in [2.24, 2.45) is 0 Å². The minimum Gasteiger partial charge on any atom is -0.354 e. The van der Waals surface area contributed by atoms with E-state index >= 15 is 0 Å². The Bertz CT molecular complexity index is 471. The van der Waals surface area contributed by atoms with Gasteiger partial charge in [-0.05, 0) is 45.1 Å². The molecule has 0 aliphatic heterocycles. The second kappa shape index (κ2) is 5.12. The van der Waals surface area contributed by atoms with Crippen LogP contribution in [0, 0.1) is 0 Å². The molecular weight excluding hydrogens is 310 g/mol. The fourth-order valence-electron chi connectivity index (χ4n) is 1.30. The van der Waals surface area contributed by atoms with E-state index < -0.39 is 0 Å². The van der Waals surface area contributed by atoms with Crippen molar-refractivity contribution in [1.29, 1.82) is 0 Å².